The van der Waals surface area contributed by atoms with Gasteiger partial charge in [-0.05, 0) is 33.4 Å². The number of hydrogen-bond acceptors (Lipinski definition) is 3. The predicted molar refractivity (Wildman–Crippen MR) is 56.2 cm³/mol. The van der Waals surface area contributed by atoms with Crippen LogP contribution in [-0.2, 0) is 0 Å². The molecule has 0 N–H and O–H groups in total. The van der Waals surface area contributed by atoms with Crippen LogP contribution in [-0.4, -0.2) is 35.0 Å². The van der Waals surface area contributed by atoms with Crippen molar-refractivity contribution in [2.75, 3.05) is 20.1 Å². The smallest absolute Gasteiger partial charge is 0.0630 e. The van der Waals surface area contributed by atoms with Crippen LogP contribution in [0.3, 0.4) is 0 Å². The molecule has 0 radical (unpaired) electrons. The second-order valence-electron chi connectivity index (χ2n) is 4.18. The van der Waals surface area contributed by atoms with Gasteiger partial charge in [0.2, 0.25) is 0 Å². The Hall–Kier alpha value is -0.960. The van der Waals surface area contributed by atoms with Crippen molar-refractivity contribution in [1.29, 1.82) is 0 Å². The molecule has 0 saturated carbocycles. The quantitative estimate of drug-likeness (QED) is 0.675. The molecule has 2 rings (SSSR count). The minimum atomic E-state index is 0.585. The Kier molecular flexibility index (Phi) is 2.77. The van der Waals surface area contributed by atoms with E-state index < -0.39 is 0 Å². The average Bonchev–Trinajstić information content (AvgIpc) is 2.19. The SMILES string of the molecule is Cc1cnc(C2CCCN(C)C2)cn1. The Labute approximate surface area is 85.2 Å². The highest BCUT2D eigenvalue weighted by Gasteiger charge is 2.19. The number of hydrogen-bond donors (Lipinski definition) is 0. The average molecular weight is 191 g/mol. The Bertz CT molecular complexity index is 294. The lowest BCUT2D eigenvalue weighted by molar-refractivity contribution is 0.248. The van der Waals surface area contributed by atoms with Crippen LogP contribution in [0.5, 0.6) is 0 Å². The van der Waals surface area contributed by atoms with E-state index in [4.69, 9.17) is 0 Å². The summed E-state index contributed by atoms with van der Waals surface area (Å²) in [5.74, 6) is 0.585. The highest BCUT2D eigenvalue weighted by Crippen LogP contribution is 2.23. The monoisotopic (exact) mass is 191 g/mol. The molecule has 1 aromatic rings. The molecule has 0 aliphatic carbocycles. The number of piperidine rings is 1. The summed E-state index contributed by atoms with van der Waals surface area (Å²) in [6.45, 7) is 4.32. The number of likely N-dealkylation sites (N-methyl/N-ethyl adjacent to an activating group) is 1. The lowest BCUT2D eigenvalue weighted by Gasteiger charge is -2.28. The fraction of sp³-hybridized carbons (Fsp3) is 0.636. The fourth-order valence-corrected chi connectivity index (χ4v) is 2.02. The first-order chi connectivity index (χ1) is 6.75. The number of rotatable bonds is 1. The molecule has 1 fully saturated rings. The molecule has 0 aromatic carbocycles. The zero-order valence-electron chi connectivity index (χ0n) is 8.90. The normalized spacial score (nSPS) is 23.7. The number of nitrogens with zero attached hydrogens (tertiary/aromatic N) is 3. The molecule has 0 spiro atoms. The Morgan fingerprint density at radius 3 is 2.86 bits per heavy atom. The largest absolute Gasteiger partial charge is 0.306 e. The molecule has 14 heavy (non-hydrogen) atoms. The topological polar surface area (TPSA) is 29.0 Å². The van der Waals surface area contributed by atoms with Gasteiger partial charge in [0, 0.05) is 24.9 Å². The van der Waals surface area contributed by atoms with E-state index in [2.05, 4.69) is 21.9 Å². The number of aryl methyl sites for hydroxylation is 1. The maximum absolute atomic E-state index is 4.45. The van der Waals surface area contributed by atoms with Crippen LogP contribution < -0.4 is 0 Å². The van der Waals surface area contributed by atoms with Crippen molar-refractivity contribution < 1.29 is 0 Å². The lowest BCUT2D eigenvalue weighted by Crippen LogP contribution is -2.31. The van der Waals surface area contributed by atoms with Gasteiger partial charge in [-0.25, -0.2) is 0 Å². The van der Waals surface area contributed by atoms with Gasteiger partial charge in [-0.2, -0.15) is 0 Å². The van der Waals surface area contributed by atoms with E-state index >= 15 is 0 Å². The van der Waals surface area contributed by atoms with Crippen molar-refractivity contribution in [2.45, 2.75) is 25.7 Å². The molecule has 3 nitrogen and oxygen atoms in total. The van der Waals surface area contributed by atoms with Crippen molar-refractivity contribution >= 4 is 0 Å². The van der Waals surface area contributed by atoms with Crippen LogP contribution in [0.4, 0.5) is 0 Å². The van der Waals surface area contributed by atoms with Gasteiger partial charge in [0.15, 0.2) is 0 Å². The van der Waals surface area contributed by atoms with Gasteiger partial charge >= 0.3 is 0 Å². The summed E-state index contributed by atoms with van der Waals surface area (Å²) in [4.78, 5) is 11.1. The van der Waals surface area contributed by atoms with Crippen LogP contribution in [0, 0.1) is 6.92 Å². The van der Waals surface area contributed by atoms with E-state index in [1.54, 1.807) is 0 Å². The maximum atomic E-state index is 4.45. The van der Waals surface area contributed by atoms with E-state index in [-0.39, 0.29) is 0 Å². The molecule has 3 heteroatoms. The number of aromatic nitrogens is 2. The molecule has 1 unspecified atom stereocenters. The highest BCUT2D eigenvalue weighted by molar-refractivity contribution is 5.08. The molecule has 1 atom stereocenters. The Balaban J connectivity index is 2.10. The Morgan fingerprint density at radius 1 is 1.36 bits per heavy atom. The predicted octanol–water partition coefficient (Wildman–Crippen LogP) is 1.59. The van der Waals surface area contributed by atoms with Crippen molar-refractivity contribution in [3.05, 3.63) is 23.8 Å². The van der Waals surface area contributed by atoms with Crippen molar-refractivity contribution in [2.24, 2.45) is 0 Å². The van der Waals surface area contributed by atoms with Crippen LogP contribution in [0.1, 0.15) is 30.1 Å². The second-order valence-corrected chi connectivity index (χ2v) is 4.18. The molecule has 0 bridgehead atoms. The summed E-state index contributed by atoms with van der Waals surface area (Å²) in [5.41, 5.74) is 2.15. The van der Waals surface area contributed by atoms with Gasteiger partial charge in [-0.1, -0.05) is 0 Å². The minimum Gasteiger partial charge on any atom is -0.306 e. The van der Waals surface area contributed by atoms with E-state index in [0.29, 0.717) is 5.92 Å². The van der Waals surface area contributed by atoms with Crippen LogP contribution in [0.2, 0.25) is 0 Å². The molecule has 1 aliphatic heterocycles. The lowest BCUT2D eigenvalue weighted by atomic mass is 9.95. The third-order valence-corrected chi connectivity index (χ3v) is 2.84. The molecular weight excluding hydrogens is 174 g/mol. The summed E-state index contributed by atoms with van der Waals surface area (Å²) < 4.78 is 0. The first kappa shape index (κ1) is 9.59. The molecule has 0 amide bonds. The standard InChI is InChI=1S/C11H17N3/c1-9-6-13-11(7-12-9)10-4-3-5-14(2)8-10/h6-7,10H,3-5,8H2,1-2H3. The van der Waals surface area contributed by atoms with E-state index in [1.807, 2.05) is 19.3 Å². The Morgan fingerprint density at radius 2 is 2.21 bits per heavy atom. The van der Waals surface area contributed by atoms with E-state index in [9.17, 15) is 0 Å². The maximum Gasteiger partial charge on any atom is 0.0630 e. The van der Waals surface area contributed by atoms with Gasteiger partial charge in [0.05, 0.1) is 11.4 Å². The first-order valence-corrected chi connectivity index (χ1v) is 5.23. The van der Waals surface area contributed by atoms with Gasteiger partial charge in [-0.3, -0.25) is 9.97 Å². The van der Waals surface area contributed by atoms with Crippen LogP contribution >= 0.6 is 0 Å². The van der Waals surface area contributed by atoms with Gasteiger partial charge in [0.1, 0.15) is 0 Å². The zero-order valence-corrected chi connectivity index (χ0v) is 8.90. The summed E-state index contributed by atoms with van der Waals surface area (Å²) in [5, 5.41) is 0. The third-order valence-electron chi connectivity index (χ3n) is 2.84. The minimum absolute atomic E-state index is 0.585. The van der Waals surface area contributed by atoms with Crippen molar-refractivity contribution in [3.8, 4) is 0 Å². The fourth-order valence-electron chi connectivity index (χ4n) is 2.02. The molecule has 2 heterocycles. The van der Waals surface area contributed by atoms with Crippen molar-refractivity contribution in [1.82, 2.24) is 14.9 Å². The van der Waals surface area contributed by atoms with E-state index in [1.165, 1.54) is 19.4 Å². The second kappa shape index (κ2) is 4.05. The summed E-state index contributed by atoms with van der Waals surface area (Å²) in [6, 6.07) is 0. The summed E-state index contributed by atoms with van der Waals surface area (Å²) >= 11 is 0. The molecule has 1 saturated heterocycles. The molecule has 1 aromatic heterocycles. The molecule has 1 aliphatic rings. The van der Waals surface area contributed by atoms with E-state index in [0.717, 1.165) is 17.9 Å². The molecule has 76 valence electrons. The zero-order chi connectivity index (χ0) is 9.97. The number of likely N-dealkylation sites (tertiary alicyclic amines) is 1. The van der Waals surface area contributed by atoms with Gasteiger partial charge in [0.25, 0.3) is 0 Å². The van der Waals surface area contributed by atoms with Gasteiger partial charge in [-0.15, -0.1) is 0 Å². The summed E-state index contributed by atoms with van der Waals surface area (Å²) in [7, 11) is 2.17. The van der Waals surface area contributed by atoms with Crippen LogP contribution in [0.25, 0.3) is 0 Å². The van der Waals surface area contributed by atoms with Crippen molar-refractivity contribution in [3.63, 3.8) is 0 Å². The van der Waals surface area contributed by atoms with Crippen LogP contribution in [0.15, 0.2) is 12.4 Å². The van der Waals surface area contributed by atoms with Gasteiger partial charge < -0.3 is 4.90 Å². The first-order valence-electron chi connectivity index (χ1n) is 5.23. The summed E-state index contributed by atoms with van der Waals surface area (Å²) in [6.07, 6.45) is 6.32. The highest BCUT2D eigenvalue weighted by atomic mass is 15.1. The third kappa shape index (κ3) is 2.10. The molecular formula is C11H17N3.